The number of amides is 1. The van der Waals surface area contributed by atoms with Gasteiger partial charge in [-0.05, 0) is 35.4 Å². The van der Waals surface area contributed by atoms with Gasteiger partial charge in [-0.3, -0.25) is 4.79 Å². The van der Waals surface area contributed by atoms with Crippen LogP contribution in [0.15, 0.2) is 84.9 Å². The molecule has 0 spiro atoms. The SMILES string of the molecule is COc1ccc([C@@H]2[C@H](Oc3ccccc3)C(=O)N2Cc2ccccc2)cc1. The van der Waals surface area contributed by atoms with Gasteiger partial charge < -0.3 is 14.4 Å². The number of benzene rings is 3. The number of rotatable bonds is 6. The van der Waals surface area contributed by atoms with Gasteiger partial charge in [0.1, 0.15) is 17.5 Å². The predicted octanol–water partition coefficient (Wildman–Crippen LogP) is 4.23. The molecule has 1 heterocycles. The van der Waals surface area contributed by atoms with Crippen LogP contribution in [0, 0.1) is 0 Å². The molecule has 136 valence electrons. The Morgan fingerprint density at radius 2 is 1.44 bits per heavy atom. The summed E-state index contributed by atoms with van der Waals surface area (Å²) in [6.07, 6.45) is -0.524. The first-order chi connectivity index (χ1) is 13.3. The highest BCUT2D eigenvalue weighted by molar-refractivity contribution is 5.89. The van der Waals surface area contributed by atoms with Crippen molar-refractivity contribution in [3.63, 3.8) is 0 Å². The van der Waals surface area contributed by atoms with Crippen LogP contribution in [-0.2, 0) is 11.3 Å². The lowest BCUT2D eigenvalue weighted by Gasteiger charge is -2.46. The molecule has 0 radical (unpaired) electrons. The fraction of sp³-hybridized carbons (Fsp3) is 0.174. The van der Waals surface area contributed by atoms with E-state index in [0.29, 0.717) is 12.3 Å². The van der Waals surface area contributed by atoms with Crippen molar-refractivity contribution in [1.29, 1.82) is 0 Å². The number of carbonyl (C=O) groups excluding carboxylic acids is 1. The second kappa shape index (κ2) is 7.54. The van der Waals surface area contributed by atoms with Gasteiger partial charge in [0.05, 0.1) is 7.11 Å². The topological polar surface area (TPSA) is 38.8 Å². The largest absolute Gasteiger partial charge is 0.497 e. The van der Waals surface area contributed by atoms with E-state index in [1.54, 1.807) is 7.11 Å². The van der Waals surface area contributed by atoms with Crippen LogP contribution >= 0.6 is 0 Å². The number of hydrogen-bond acceptors (Lipinski definition) is 3. The zero-order chi connectivity index (χ0) is 18.6. The zero-order valence-corrected chi connectivity index (χ0v) is 15.1. The van der Waals surface area contributed by atoms with E-state index in [4.69, 9.17) is 9.47 Å². The summed E-state index contributed by atoms with van der Waals surface area (Å²) in [4.78, 5) is 14.7. The third-order valence-electron chi connectivity index (χ3n) is 4.81. The van der Waals surface area contributed by atoms with Crippen molar-refractivity contribution in [2.75, 3.05) is 7.11 Å². The molecule has 4 nitrogen and oxygen atoms in total. The second-order valence-corrected chi connectivity index (χ2v) is 6.52. The second-order valence-electron chi connectivity index (χ2n) is 6.52. The van der Waals surface area contributed by atoms with E-state index in [2.05, 4.69) is 0 Å². The number of β-lactam (4-membered cyclic amide) rings is 1. The fourth-order valence-corrected chi connectivity index (χ4v) is 3.39. The monoisotopic (exact) mass is 359 g/mol. The summed E-state index contributed by atoms with van der Waals surface area (Å²) in [5.74, 6) is 1.50. The molecule has 0 aliphatic carbocycles. The molecule has 4 rings (SSSR count). The van der Waals surface area contributed by atoms with E-state index in [1.165, 1.54) is 0 Å². The molecule has 27 heavy (non-hydrogen) atoms. The lowest BCUT2D eigenvalue weighted by atomic mass is 9.89. The molecule has 1 fully saturated rings. The van der Waals surface area contributed by atoms with Gasteiger partial charge in [0.15, 0.2) is 0 Å². The minimum Gasteiger partial charge on any atom is -0.497 e. The number of para-hydroxylation sites is 1. The van der Waals surface area contributed by atoms with Crippen molar-refractivity contribution >= 4 is 5.91 Å². The highest BCUT2D eigenvalue weighted by atomic mass is 16.5. The highest BCUT2D eigenvalue weighted by Crippen LogP contribution is 2.39. The summed E-state index contributed by atoms with van der Waals surface area (Å²) in [5, 5.41) is 0. The van der Waals surface area contributed by atoms with Gasteiger partial charge in [0, 0.05) is 6.54 Å². The molecule has 1 amide bonds. The maximum absolute atomic E-state index is 12.9. The van der Waals surface area contributed by atoms with Gasteiger partial charge in [-0.25, -0.2) is 0 Å². The Bertz CT molecular complexity index is 842. The molecular formula is C23H21NO3. The van der Waals surface area contributed by atoms with E-state index in [0.717, 1.165) is 16.9 Å². The Kier molecular flexibility index (Phi) is 4.79. The van der Waals surface area contributed by atoms with Crippen LogP contribution in [0.3, 0.4) is 0 Å². The molecule has 0 unspecified atom stereocenters. The van der Waals surface area contributed by atoms with Crippen LogP contribution in [0.1, 0.15) is 17.2 Å². The van der Waals surface area contributed by atoms with Crippen molar-refractivity contribution < 1.29 is 14.3 Å². The summed E-state index contributed by atoms with van der Waals surface area (Å²) in [6.45, 7) is 0.561. The first kappa shape index (κ1) is 17.2. The third-order valence-corrected chi connectivity index (χ3v) is 4.81. The molecule has 1 saturated heterocycles. The molecule has 1 aliphatic rings. The first-order valence-corrected chi connectivity index (χ1v) is 8.96. The van der Waals surface area contributed by atoms with E-state index < -0.39 is 6.10 Å². The zero-order valence-electron chi connectivity index (χ0n) is 15.1. The van der Waals surface area contributed by atoms with Gasteiger partial charge in [0.2, 0.25) is 6.10 Å². The number of carbonyl (C=O) groups is 1. The Balaban J connectivity index is 1.61. The van der Waals surface area contributed by atoms with Crippen molar-refractivity contribution in [2.45, 2.75) is 18.7 Å². The number of ether oxygens (including phenoxy) is 2. The first-order valence-electron chi connectivity index (χ1n) is 8.96. The molecular weight excluding hydrogens is 338 g/mol. The van der Waals surface area contributed by atoms with Gasteiger partial charge in [-0.1, -0.05) is 60.7 Å². The predicted molar refractivity (Wildman–Crippen MR) is 104 cm³/mol. The summed E-state index contributed by atoms with van der Waals surface area (Å²) in [5.41, 5.74) is 2.13. The van der Waals surface area contributed by atoms with Gasteiger partial charge in [-0.2, -0.15) is 0 Å². The highest BCUT2D eigenvalue weighted by Gasteiger charge is 2.50. The number of hydrogen-bond donors (Lipinski definition) is 0. The molecule has 0 aromatic heterocycles. The minimum absolute atomic E-state index is 0.00326. The minimum atomic E-state index is -0.524. The maximum atomic E-state index is 12.9. The standard InChI is InChI=1S/C23H21NO3/c1-26-19-14-12-18(13-15-19)21-22(27-20-10-6-3-7-11-20)23(25)24(21)16-17-8-4-2-5-9-17/h2-15,21-22H,16H2,1H3/t21-,22+/m1/s1. The molecule has 0 saturated carbocycles. The summed E-state index contributed by atoms with van der Waals surface area (Å²) in [6, 6.07) is 27.2. The molecule has 2 atom stereocenters. The average Bonchev–Trinajstić information content (AvgIpc) is 2.74. The van der Waals surface area contributed by atoms with Crippen LogP contribution in [0.4, 0.5) is 0 Å². The third kappa shape index (κ3) is 3.51. The smallest absolute Gasteiger partial charge is 0.267 e. The number of nitrogens with zero attached hydrogens (tertiary/aromatic N) is 1. The molecule has 0 N–H and O–H groups in total. The van der Waals surface area contributed by atoms with Crippen LogP contribution in [0.2, 0.25) is 0 Å². The Hall–Kier alpha value is -3.27. The average molecular weight is 359 g/mol. The number of likely N-dealkylation sites (tertiary alicyclic amines) is 1. The van der Waals surface area contributed by atoms with E-state index >= 15 is 0 Å². The van der Waals surface area contributed by atoms with Crippen LogP contribution in [-0.4, -0.2) is 24.0 Å². The van der Waals surface area contributed by atoms with Crippen LogP contribution in [0.5, 0.6) is 11.5 Å². The summed E-state index contributed by atoms with van der Waals surface area (Å²) < 4.78 is 11.3. The van der Waals surface area contributed by atoms with Crippen LogP contribution in [0.25, 0.3) is 0 Å². The Labute approximate surface area is 159 Å². The molecule has 3 aromatic rings. The van der Waals surface area contributed by atoms with Crippen molar-refractivity contribution in [3.05, 3.63) is 96.1 Å². The summed E-state index contributed by atoms with van der Waals surface area (Å²) in [7, 11) is 1.64. The normalized spacial score (nSPS) is 18.7. The van der Waals surface area contributed by atoms with E-state index in [-0.39, 0.29) is 11.9 Å². The maximum Gasteiger partial charge on any atom is 0.267 e. The molecule has 4 heteroatoms. The number of methoxy groups -OCH3 is 1. The Morgan fingerprint density at radius 3 is 2.07 bits per heavy atom. The quantitative estimate of drug-likeness (QED) is 0.619. The fourth-order valence-electron chi connectivity index (χ4n) is 3.39. The Morgan fingerprint density at radius 1 is 0.815 bits per heavy atom. The molecule has 0 bridgehead atoms. The lowest BCUT2D eigenvalue weighted by Crippen LogP contribution is -2.60. The molecule has 3 aromatic carbocycles. The van der Waals surface area contributed by atoms with Crippen LogP contribution < -0.4 is 9.47 Å². The molecule has 1 aliphatic heterocycles. The van der Waals surface area contributed by atoms with Gasteiger partial charge in [-0.15, -0.1) is 0 Å². The van der Waals surface area contributed by atoms with Crippen molar-refractivity contribution in [2.24, 2.45) is 0 Å². The summed E-state index contributed by atoms with van der Waals surface area (Å²) >= 11 is 0. The van der Waals surface area contributed by atoms with Crippen molar-refractivity contribution in [3.8, 4) is 11.5 Å². The van der Waals surface area contributed by atoms with E-state index in [1.807, 2.05) is 89.8 Å². The lowest BCUT2D eigenvalue weighted by molar-refractivity contribution is -0.165. The van der Waals surface area contributed by atoms with Gasteiger partial charge in [0.25, 0.3) is 5.91 Å². The van der Waals surface area contributed by atoms with Gasteiger partial charge >= 0.3 is 0 Å². The van der Waals surface area contributed by atoms with Crippen molar-refractivity contribution in [1.82, 2.24) is 4.90 Å². The van der Waals surface area contributed by atoms with E-state index in [9.17, 15) is 4.79 Å².